The summed E-state index contributed by atoms with van der Waals surface area (Å²) in [5, 5.41) is 10.1. The van der Waals surface area contributed by atoms with Gasteiger partial charge in [-0.15, -0.1) is 0 Å². The second-order valence-electron chi connectivity index (χ2n) is 5.39. The number of fused-ring (bicyclic) bond motifs is 1. The summed E-state index contributed by atoms with van der Waals surface area (Å²) in [6.07, 6.45) is 0. The Morgan fingerprint density at radius 2 is 2.14 bits per heavy atom. The molecule has 112 valence electrons. The zero-order valence-corrected chi connectivity index (χ0v) is 12.7. The fourth-order valence-corrected chi connectivity index (χ4v) is 1.99. The van der Waals surface area contributed by atoms with Crippen LogP contribution in [0.3, 0.4) is 0 Å². The predicted octanol–water partition coefficient (Wildman–Crippen LogP) is 1.87. The van der Waals surface area contributed by atoms with Gasteiger partial charge in [0.1, 0.15) is 11.4 Å². The molecule has 0 unspecified atom stereocenters. The number of carboxylic acids is 1. The molecule has 0 spiro atoms. The van der Waals surface area contributed by atoms with E-state index in [4.69, 9.17) is 11.6 Å². The fourth-order valence-electron chi connectivity index (χ4n) is 1.82. The largest absolute Gasteiger partial charge is 0.480 e. The van der Waals surface area contributed by atoms with Crippen LogP contribution in [0.25, 0.3) is 10.9 Å². The fraction of sp³-hybridized carbons (Fsp3) is 0.357. The van der Waals surface area contributed by atoms with Crippen molar-refractivity contribution >= 4 is 28.5 Å². The van der Waals surface area contributed by atoms with Gasteiger partial charge in [-0.1, -0.05) is 11.6 Å². The van der Waals surface area contributed by atoms with Gasteiger partial charge in [-0.05, 0) is 39.1 Å². The molecule has 0 aliphatic carbocycles. The van der Waals surface area contributed by atoms with Crippen LogP contribution in [0.15, 0.2) is 23.0 Å². The molecule has 0 saturated heterocycles. The predicted molar refractivity (Wildman–Crippen MR) is 80.6 cm³/mol. The molecule has 0 bridgehead atoms. The molecule has 0 fully saturated rings. The molecular formula is C14H16ClN3O3. The number of benzene rings is 1. The number of aromatic amines is 1. The van der Waals surface area contributed by atoms with Gasteiger partial charge in [0.25, 0.3) is 5.56 Å². The van der Waals surface area contributed by atoms with Crippen LogP contribution in [0.2, 0.25) is 5.02 Å². The van der Waals surface area contributed by atoms with Crippen molar-refractivity contribution in [3.05, 3.63) is 39.4 Å². The van der Waals surface area contributed by atoms with Gasteiger partial charge in [-0.3, -0.25) is 14.5 Å². The van der Waals surface area contributed by atoms with E-state index >= 15 is 0 Å². The highest BCUT2D eigenvalue weighted by molar-refractivity contribution is 6.31. The molecule has 1 heterocycles. The quantitative estimate of drug-likeness (QED) is 0.900. The minimum atomic E-state index is -1.06. The van der Waals surface area contributed by atoms with Gasteiger partial charge in [-0.25, -0.2) is 4.98 Å². The number of rotatable bonds is 4. The number of aromatic nitrogens is 2. The van der Waals surface area contributed by atoms with Gasteiger partial charge in [-0.2, -0.15) is 0 Å². The van der Waals surface area contributed by atoms with E-state index in [1.807, 2.05) is 0 Å². The van der Waals surface area contributed by atoms with Crippen LogP contribution in [0.4, 0.5) is 0 Å². The van der Waals surface area contributed by atoms with Gasteiger partial charge in [0.2, 0.25) is 0 Å². The number of hydrogen-bond donors (Lipinski definition) is 2. The summed E-state index contributed by atoms with van der Waals surface area (Å²) in [6, 6.07) is 4.88. The molecule has 0 atom stereocenters. The second kappa shape index (κ2) is 5.46. The van der Waals surface area contributed by atoms with Crippen molar-refractivity contribution in [3.63, 3.8) is 0 Å². The number of aliphatic carboxylic acids is 1. The van der Waals surface area contributed by atoms with Crippen molar-refractivity contribution in [2.75, 3.05) is 7.05 Å². The SMILES string of the molecule is CN(Cc1nc2ccc(Cl)cc2c(=O)[nH]1)C(C)(C)C(=O)O. The minimum Gasteiger partial charge on any atom is -0.480 e. The number of nitrogens with one attached hydrogen (secondary N) is 1. The van der Waals surface area contributed by atoms with Gasteiger partial charge in [0, 0.05) is 5.02 Å². The molecule has 2 rings (SSSR count). The number of nitrogens with zero attached hydrogens (tertiary/aromatic N) is 2. The van der Waals surface area contributed by atoms with Gasteiger partial charge < -0.3 is 10.1 Å². The first-order valence-corrected chi connectivity index (χ1v) is 6.72. The maximum absolute atomic E-state index is 12.0. The number of likely N-dealkylation sites (N-methyl/N-ethyl adjacent to an activating group) is 1. The molecule has 6 nitrogen and oxygen atoms in total. The van der Waals surface area contributed by atoms with E-state index in [2.05, 4.69) is 9.97 Å². The molecule has 2 aromatic rings. The summed E-state index contributed by atoms with van der Waals surface area (Å²) >= 11 is 5.86. The topological polar surface area (TPSA) is 86.3 Å². The number of H-pyrrole nitrogens is 1. The lowest BCUT2D eigenvalue weighted by molar-refractivity contribution is -0.148. The molecule has 0 aliphatic heterocycles. The molecule has 0 aliphatic rings. The van der Waals surface area contributed by atoms with Crippen LogP contribution in [0.5, 0.6) is 0 Å². The molecule has 21 heavy (non-hydrogen) atoms. The molecule has 2 N–H and O–H groups in total. The van der Waals surface area contributed by atoms with Crippen LogP contribution in [0, 0.1) is 0 Å². The van der Waals surface area contributed by atoms with E-state index in [1.165, 1.54) is 0 Å². The highest BCUT2D eigenvalue weighted by atomic mass is 35.5. The van der Waals surface area contributed by atoms with Crippen molar-refractivity contribution in [2.45, 2.75) is 25.9 Å². The van der Waals surface area contributed by atoms with Crippen molar-refractivity contribution in [3.8, 4) is 0 Å². The molecule has 1 aromatic heterocycles. The maximum Gasteiger partial charge on any atom is 0.323 e. The van der Waals surface area contributed by atoms with E-state index in [0.717, 1.165) is 0 Å². The third-order valence-corrected chi connectivity index (χ3v) is 3.82. The Labute approximate surface area is 126 Å². The molecular weight excluding hydrogens is 294 g/mol. The summed E-state index contributed by atoms with van der Waals surface area (Å²) < 4.78 is 0. The van der Waals surface area contributed by atoms with E-state index in [0.29, 0.717) is 21.7 Å². The van der Waals surface area contributed by atoms with Gasteiger partial charge in [0.15, 0.2) is 0 Å². The molecule has 1 aromatic carbocycles. The highest BCUT2D eigenvalue weighted by Crippen LogP contribution is 2.17. The van der Waals surface area contributed by atoms with Crippen LogP contribution in [-0.4, -0.2) is 38.5 Å². The molecule has 0 radical (unpaired) electrons. The van der Waals surface area contributed by atoms with Crippen LogP contribution >= 0.6 is 11.6 Å². The number of carbonyl (C=O) groups is 1. The number of hydrogen-bond acceptors (Lipinski definition) is 4. The van der Waals surface area contributed by atoms with E-state index < -0.39 is 11.5 Å². The molecule has 7 heteroatoms. The van der Waals surface area contributed by atoms with Crippen LogP contribution in [-0.2, 0) is 11.3 Å². The zero-order chi connectivity index (χ0) is 15.8. The van der Waals surface area contributed by atoms with Crippen molar-refractivity contribution in [1.29, 1.82) is 0 Å². The Kier molecular flexibility index (Phi) is 4.02. The summed E-state index contributed by atoms with van der Waals surface area (Å²) in [4.78, 5) is 31.9. The third kappa shape index (κ3) is 3.06. The maximum atomic E-state index is 12.0. The highest BCUT2D eigenvalue weighted by Gasteiger charge is 2.32. The zero-order valence-electron chi connectivity index (χ0n) is 12.0. The van der Waals surface area contributed by atoms with Gasteiger partial charge in [0.05, 0.1) is 17.4 Å². The van der Waals surface area contributed by atoms with Crippen LogP contribution < -0.4 is 5.56 Å². The van der Waals surface area contributed by atoms with E-state index in [9.17, 15) is 14.7 Å². The summed E-state index contributed by atoms with van der Waals surface area (Å²) in [6.45, 7) is 3.40. The standard InChI is InChI=1S/C14H16ClN3O3/c1-14(2,13(20)21)18(3)7-11-16-10-5-4-8(15)6-9(10)12(19)17-11/h4-6H,7H2,1-3H3,(H,20,21)(H,16,17,19). The van der Waals surface area contributed by atoms with Crippen molar-refractivity contribution in [1.82, 2.24) is 14.9 Å². The smallest absolute Gasteiger partial charge is 0.323 e. The Morgan fingerprint density at radius 1 is 1.48 bits per heavy atom. The first-order valence-electron chi connectivity index (χ1n) is 6.35. The molecule has 0 amide bonds. The van der Waals surface area contributed by atoms with Crippen molar-refractivity contribution < 1.29 is 9.90 Å². The Balaban J connectivity index is 2.38. The lowest BCUT2D eigenvalue weighted by atomic mass is 10.0. The third-order valence-electron chi connectivity index (χ3n) is 3.58. The summed E-state index contributed by atoms with van der Waals surface area (Å²) in [5.74, 6) is -0.536. The van der Waals surface area contributed by atoms with E-state index in [-0.39, 0.29) is 12.1 Å². The Hall–Kier alpha value is -1.92. The second-order valence-corrected chi connectivity index (χ2v) is 5.83. The minimum absolute atomic E-state index is 0.215. The lowest BCUT2D eigenvalue weighted by Crippen LogP contribution is -2.47. The first-order chi connectivity index (χ1) is 9.71. The number of carboxylic acid groups (broad SMARTS) is 1. The van der Waals surface area contributed by atoms with E-state index in [1.54, 1.807) is 44.0 Å². The first kappa shape index (κ1) is 15.5. The average molecular weight is 310 g/mol. The molecule has 0 saturated carbocycles. The monoisotopic (exact) mass is 309 g/mol. The van der Waals surface area contributed by atoms with Crippen LogP contribution in [0.1, 0.15) is 19.7 Å². The Morgan fingerprint density at radius 3 is 2.76 bits per heavy atom. The lowest BCUT2D eigenvalue weighted by Gasteiger charge is -2.30. The normalized spacial score (nSPS) is 12.0. The van der Waals surface area contributed by atoms with Crippen molar-refractivity contribution in [2.24, 2.45) is 0 Å². The summed E-state index contributed by atoms with van der Waals surface area (Å²) in [7, 11) is 1.67. The Bertz CT molecular complexity index is 755. The average Bonchev–Trinajstić information content (AvgIpc) is 2.39. The van der Waals surface area contributed by atoms with Gasteiger partial charge >= 0.3 is 5.97 Å². The summed E-state index contributed by atoms with van der Waals surface area (Å²) in [5.41, 5.74) is -0.827. The number of halogens is 1.